The summed E-state index contributed by atoms with van der Waals surface area (Å²) in [6.07, 6.45) is 1.87. The van der Waals surface area contributed by atoms with Gasteiger partial charge in [-0.25, -0.2) is 9.48 Å². The highest BCUT2D eigenvalue weighted by molar-refractivity contribution is 6.30. The van der Waals surface area contributed by atoms with Crippen molar-refractivity contribution >= 4 is 17.5 Å². The summed E-state index contributed by atoms with van der Waals surface area (Å²) in [5.41, 5.74) is 1.44. The molecule has 2 aromatic carbocycles. The summed E-state index contributed by atoms with van der Waals surface area (Å²) in [5, 5.41) is 8.00. The van der Waals surface area contributed by atoms with E-state index in [2.05, 4.69) is 10.4 Å². The first-order valence-electron chi connectivity index (χ1n) is 9.85. The summed E-state index contributed by atoms with van der Waals surface area (Å²) < 4.78 is 8.15. The second-order valence-electron chi connectivity index (χ2n) is 7.44. The molecule has 1 atom stereocenters. The minimum atomic E-state index is -0.282. The Morgan fingerprint density at radius 2 is 2.00 bits per heavy atom. The molecule has 0 aliphatic heterocycles. The third-order valence-corrected chi connectivity index (χ3v) is 5.40. The van der Waals surface area contributed by atoms with Crippen molar-refractivity contribution in [1.82, 2.24) is 19.7 Å². The average molecular weight is 427 g/mol. The molecule has 0 radical (unpaired) electrons. The van der Waals surface area contributed by atoms with E-state index >= 15 is 0 Å². The molecule has 7 nitrogen and oxygen atoms in total. The lowest BCUT2D eigenvalue weighted by Crippen LogP contribution is -2.34. The van der Waals surface area contributed by atoms with Gasteiger partial charge in [-0.15, -0.1) is 5.10 Å². The van der Waals surface area contributed by atoms with Gasteiger partial charge in [0.05, 0.1) is 13.2 Å². The standard InChI is InChI=1S/C22H23ClN4O3/c1-14(16-4-3-5-19(12-16)30-2)24-20(28)13-26-22(29)27(18-10-11-18)21(25-26)15-6-8-17(23)9-7-15/h3-9,12,14,18H,10-11,13H2,1-2H3,(H,24,28). The predicted octanol–water partition coefficient (Wildman–Crippen LogP) is 3.59. The van der Waals surface area contributed by atoms with E-state index in [1.54, 1.807) is 23.8 Å². The van der Waals surface area contributed by atoms with E-state index in [1.165, 1.54) is 4.68 Å². The molecule has 3 aromatic rings. The van der Waals surface area contributed by atoms with Crippen LogP contribution in [0.4, 0.5) is 0 Å². The van der Waals surface area contributed by atoms with Gasteiger partial charge in [0, 0.05) is 16.6 Å². The number of methoxy groups -OCH3 is 1. The Morgan fingerprint density at radius 3 is 2.67 bits per heavy atom. The molecule has 8 heteroatoms. The minimum absolute atomic E-state index is 0.135. The van der Waals surface area contributed by atoms with E-state index in [9.17, 15) is 9.59 Å². The molecule has 1 aromatic heterocycles. The number of carbonyl (C=O) groups is 1. The Balaban J connectivity index is 1.54. The third-order valence-electron chi connectivity index (χ3n) is 5.15. The van der Waals surface area contributed by atoms with Crippen LogP contribution in [0.2, 0.25) is 5.02 Å². The highest BCUT2D eigenvalue weighted by atomic mass is 35.5. The molecule has 0 spiro atoms. The van der Waals surface area contributed by atoms with Crippen molar-refractivity contribution in [3.63, 3.8) is 0 Å². The Kier molecular flexibility index (Phi) is 5.63. The zero-order valence-electron chi connectivity index (χ0n) is 16.8. The second-order valence-corrected chi connectivity index (χ2v) is 7.87. The zero-order chi connectivity index (χ0) is 21.3. The lowest BCUT2D eigenvalue weighted by atomic mass is 10.1. The molecule has 1 amide bonds. The van der Waals surface area contributed by atoms with Gasteiger partial charge in [-0.3, -0.25) is 9.36 Å². The van der Waals surface area contributed by atoms with E-state index in [0.717, 1.165) is 29.7 Å². The van der Waals surface area contributed by atoms with Crippen molar-refractivity contribution in [3.05, 3.63) is 69.6 Å². The molecule has 156 valence electrons. The lowest BCUT2D eigenvalue weighted by molar-refractivity contribution is -0.122. The average Bonchev–Trinajstić information content (AvgIpc) is 3.53. The van der Waals surface area contributed by atoms with Gasteiger partial charge < -0.3 is 10.1 Å². The number of halogens is 1. The number of ether oxygens (including phenoxy) is 1. The molecule has 0 saturated heterocycles. The van der Waals surface area contributed by atoms with Crippen LogP contribution in [-0.2, 0) is 11.3 Å². The van der Waals surface area contributed by atoms with Crippen LogP contribution in [0.3, 0.4) is 0 Å². The maximum Gasteiger partial charge on any atom is 0.346 e. The normalized spacial score (nSPS) is 14.4. The molecule has 1 N–H and O–H groups in total. The van der Waals surface area contributed by atoms with Crippen molar-refractivity contribution in [2.75, 3.05) is 7.11 Å². The van der Waals surface area contributed by atoms with Crippen molar-refractivity contribution in [1.29, 1.82) is 0 Å². The number of hydrogen-bond donors (Lipinski definition) is 1. The predicted molar refractivity (Wildman–Crippen MR) is 115 cm³/mol. The quantitative estimate of drug-likeness (QED) is 0.626. The van der Waals surface area contributed by atoms with Gasteiger partial charge in [-0.2, -0.15) is 0 Å². The summed E-state index contributed by atoms with van der Waals surface area (Å²) in [5.74, 6) is 1.00. The molecule has 0 bridgehead atoms. The second kappa shape index (κ2) is 8.36. The number of rotatable bonds is 7. The molecule has 1 fully saturated rings. The molecule has 1 heterocycles. The van der Waals surface area contributed by atoms with Crippen molar-refractivity contribution < 1.29 is 9.53 Å². The number of aromatic nitrogens is 3. The van der Waals surface area contributed by atoms with Crippen molar-refractivity contribution in [3.8, 4) is 17.1 Å². The molecule has 30 heavy (non-hydrogen) atoms. The van der Waals surface area contributed by atoms with Gasteiger partial charge in [0.1, 0.15) is 12.3 Å². The number of amides is 1. The summed E-state index contributed by atoms with van der Waals surface area (Å²) in [6.45, 7) is 1.74. The smallest absolute Gasteiger partial charge is 0.346 e. The van der Waals surface area contributed by atoms with E-state index in [0.29, 0.717) is 10.8 Å². The maximum absolute atomic E-state index is 12.9. The molecular weight excluding hydrogens is 404 g/mol. The van der Waals surface area contributed by atoms with Crippen LogP contribution in [0, 0.1) is 0 Å². The van der Waals surface area contributed by atoms with Gasteiger partial charge in [0.25, 0.3) is 0 Å². The van der Waals surface area contributed by atoms with Crippen LogP contribution in [-0.4, -0.2) is 27.4 Å². The van der Waals surface area contributed by atoms with Crippen LogP contribution < -0.4 is 15.7 Å². The molecule has 1 unspecified atom stereocenters. The summed E-state index contributed by atoms with van der Waals surface area (Å²) in [7, 11) is 1.60. The number of benzene rings is 2. The first-order valence-corrected chi connectivity index (χ1v) is 10.2. The SMILES string of the molecule is COc1cccc(C(C)NC(=O)Cn2nc(-c3ccc(Cl)cc3)n(C3CC3)c2=O)c1. The Labute approximate surface area is 179 Å². The first kappa shape index (κ1) is 20.2. The fraction of sp³-hybridized carbons (Fsp3) is 0.318. The van der Waals surface area contributed by atoms with Crippen LogP contribution in [0.25, 0.3) is 11.4 Å². The third kappa shape index (κ3) is 4.26. The van der Waals surface area contributed by atoms with Crippen LogP contribution in [0.5, 0.6) is 5.75 Å². The largest absolute Gasteiger partial charge is 0.497 e. The van der Waals surface area contributed by atoms with E-state index in [-0.39, 0.29) is 30.2 Å². The number of nitrogens with zero attached hydrogens (tertiary/aromatic N) is 3. The topological polar surface area (TPSA) is 78.2 Å². The van der Waals surface area contributed by atoms with Crippen LogP contribution >= 0.6 is 11.6 Å². The number of nitrogens with one attached hydrogen (secondary N) is 1. The summed E-state index contributed by atoms with van der Waals surface area (Å²) in [6, 6.07) is 14.6. The van der Waals surface area contributed by atoms with E-state index in [1.807, 2.05) is 43.3 Å². The first-order chi connectivity index (χ1) is 14.5. The minimum Gasteiger partial charge on any atom is -0.497 e. The number of carbonyl (C=O) groups excluding carboxylic acids is 1. The highest BCUT2D eigenvalue weighted by Crippen LogP contribution is 2.36. The van der Waals surface area contributed by atoms with Crippen molar-refractivity contribution in [2.24, 2.45) is 0 Å². The maximum atomic E-state index is 12.9. The Bertz CT molecular complexity index is 1120. The lowest BCUT2D eigenvalue weighted by Gasteiger charge is -2.15. The Morgan fingerprint density at radius 1 is 1.27 bits per heavy atom. The van der Waals surface area contributed by atoms with Gasteiger partial charge >= 0.3 is 5.69 Å². The fourth-order valence-corrected chi connectivity index (χ4v) is 3.52. The molecule has 4 rings (SSSR count). The van der Waals surface area contributed by atoms with Crippen LogP contribution in [0.15, 0.2) is 53.3 Å². The summed E-state index contributed by atoms with van der Waals surface area (Å²) in [4.78, 5) is 25.5. The molecule has 1 aliphatic carbocycles. The molecular formula is C22H23ClN4O3. The zero-order valence-corrected chi connectivity index (χ0v) is 17.6. The fourth-order valence-electron chi connectivity index (χ4n) is 3.40. The van der Waals surface area contributed by atoms with Gasteiger partial charge in [-0.05, 0) is 61.7 Å². The van der Waals surface area contributed by atoms with Gasteiger partial charge in [0.15, 0.2) is 5.82 Å². The summed E-state index contributed by atoms with van der Waals surface area (Å²) >= 11 is 5.98. The molecule has 1 aliphatic rings. The van der Waals surface area contributed by atoms with Crippen molar-refractivity contribution in [2.45, 2.75) is 38.4 Å². The highest BCUT2D eigenvalue weighted by Gasteiger charge is 2.30. The van der Waals surface area contributed by atoms with E-state index < -0.39 is 0 Å². The Hall–Kier alpha value is -3.06. The number of hydrogen-bond acceptors (Lipinski definition) is 4. The molecule has 1 saturated carbocycles. The van der Waals surface area contributed by atoms with Gasteiger partial charge in [-0.1, -0.05) is 23.7 Å². The van der Waals surface area contributed by atoms with E-state index in [4.69, 9.17) is 16.3 Å². The van der Waals surface area contributed by atoms with Gasteiger partial charge in [0.2, 0.25) is 5.91 Å². The van der Waals surface area contributed by atoms with Crippen LogP contribution in [0.1, 0.15) is 37.4 Å². The monoisotopic (exact) mass is 426 g/mol.